The van der Waals surface area contributed by atoms with E-state index < -0.39 is 0 Å². The van der Waals surface area contributed by atoms with Gasteiger partial charge in [-0.1, -0.05) is 29.8 Å². The molecule has 110 valence electrons. The molecule has 1 aromatic rings. The first-order valence-corrected chi connectivity index (χ1v) is 7.06. The molecule has 0 aliphatic carbocycles. The number of halogens is 1. The van der Waals surface area contributed by atoms with E-state index in [0.29, 0.717) is 31.1 Å². The summed E-state index contributed by atoms with van der Waals surface area (Å²) in [7, 11) is 0. The molecular weight excluding hydrogens is 280 g/mol. The summed E-state index contributed by atoms with van der Waals surface area (Å²) < 4.78 is 9.86. The summed E-state index contributed by atoms with van der Waals surface area (Å²) in [6.07, 6.45) is 1.50. The molecule has 0 amide bonds. The maximum Gasteiger partial charge on any atom is 0.305 e. The Morgan fingerprint density at radius 3 is 2.40 bits per heavy atom. The highest BCUT2D eigenvalue weighted by atomic mass is 35.5. The standard InChI is InChI=1S/C15H19ClO4/c1-2-19-14(17)8-5-9-15(18)20-11-10-12-6-3-4-7-13(12)16/h3-4,6-7H,2,5,8-11H2,1H3. The minimum atomic E-state index is -0.304. The van der Waals surface area contributed by atoms with Gasteiger partial charge in [0.2, 0.25) is 0 Å². The highest BCUT2D eigenvalue weighted by molar-refractivity contribution is 6.31. The second kappa shape index (κ2) is 9.37. The smallest absolute Gasteiger partial charge is 0.305 e. The maximum atomic E-state index is 11.5. The van der Waals surface area contributed by atoms with Gasteiger partial charge in [0, 0.05) is 24.3 Å². The van der Waals surface area contributed by atoms with Crippen LogP contribution < -0.4 is 0 Å². The number of benzene rings is 1. The van der Waals surface area contributed by atoms with Crippen molar-refractivity contribution < 1.29 is 19.1 Å². The molecule has 0 radical (unpaired) electrons. The number of hydrogen-bond donors (Lipinski definition) is 0. The number of esters is 2. The molecule has 0 spiro atoms. The van der Waals surface area contributed by atoms with Crippen molar-refractivity contribution in [2.75, 3.05) is 13.2 Å². The van der Waals surface area contributed by atoms with Gasteiger partial charge in [-0.3, -0.25) is 9.59 Å². The van der Waals surface area contributed by atoms with Gasteiger partial charge in [0.1, 0.15) is 0 Å². The van der Waals surface area contributed by atoms with Crippen LogP contribution >= 0.6 is 11.6 Å². The Balaban J connectivity index is 2.14. The fourth-order valence-corrected chi connectivity index (χ4v) is 1.89. The summed E-state index contributed by atoms with van der Waals surface area (Å²) in [5.74, 6) is -0.585. The maximum absolute atomic E-state index is 11.5. The van der Waals surface area contributed by atoms with Crippen LogP contribution in [0.1, 0.15) is 31.7 Å². The van der Waals surface area contributed by atoms with Crippen LogP contribution in [0.15, 0.2) is 24.3 Å². The normalized spacial score (nSPS) is 10.1. The van der Waals surface area contributed by atoms with Crippen LogP contribution in [-0.4, -0.2) is 25.2 Å². The Morgan fingerprint density at radius 1 is 1.10 bits per heavy atom. The van der Waals surface area contributed by atoms with Gasteiger partial charge >= 0.3 is 11.9 Å². The SMILES string of the molecule is CCOC(=O)CCCC(=O)OCCc1ccccc1Cl. The molecule has 0 bridgehead atoms. The molecule has 0 aliphatic heterocycles. The van der Waals surface area contributed by atoms with Crippen LogP contribution in [0.5, 0.6) is 0 Å². The Labute approximate surface area is 124 Å². The lowest BCUT2D eigenvalue weighted by Gasteiger charge is -2.06. The Hall–Kier alpha value is -1.55. The number of ether oxygens (including phenoxy) is 2. The third-order valence-corrected chi connectivity index (χ3v) is 3.03. The van der Waals surface area contributed by atoms with Crippen molar-refractivity contribution in [1.29, 1.82) is 0 Å². The van der Waals surface area contributed by atoms with Crippen molar-refractivity contribution in [3.8, 4) is 0 Å². The van der Waals surface area contributed by atoms with Gasteiger partial charge in [0.25, 0.3) is 0 Å². The predicted molar refractivity (Wildman–Crippen MR) is 76.6 cm³/mol. The van der Waals surface area contributed by atoms with Crippen molar-refractivity contribution in [2.45, 2.75) is 32.6 Å². The monoisotopic (exact) mass is 298 g/mol. The van der Waals surface area contributed by atoms with Gasteiger partial charge in [-0.25, -0.2) is 0 Å². The van der Waals surface area contributed by atoms with Crippen LogP contribution in [0, 0.1) is 0 Å². The summed E-state index contributed by atoms with van der Waals surface area (Å²) in [6, 6.07) is 7.45. The summed E-state index contributed by atoms with van der Waals surface area (Å²) >= 11 is 6.00. The van der Waals surface area contributed by atoms with Crippen LogP contribution in [0.25, 0.3) is 0 Å². The van der Waals surface area contributed by atoms with E-state index in [1.54, 1.807) is 13.0 Å². The third kappa shape index (κ3) is 6.57. The molecule has 0 N–H and O–H groups in total. The molecule has 1 aromatic carbocycles. The average molecular weight is 299 g/mol. The average Bonchev–Trinajstić information content (AvgIpc) is 2.41. The van der Waals surface area contributed by atoms with E-state index in [2.05, 4.69) is 0 Å². The van der Waals surface area contributed by atoms with E-state index in [1.165, 1.54) is 0 Å². The van der Waals surface area contributed by atoms with E-state index in [0.717, 1.165) is 5.56 Å². The quantitative estimate of drug-likeness (QED) is 0.692. The van der Waals surface area contributed by atoms with E-state index >= 15 is 0 Å². The van der Waals surface area contributed by atoms with Crippen molar-refractivity contribution in [3.63, 3.8) is 0 Å². The minimum absolute atomic E-state index is 0.224. The molecule has 20 heavy (non-hydrogen) atoms. The Morgan fingerprint density at radius 2 is 1.75 bits per heavy atom. The molecule has 4 nitrogen and oxygen atoms in total. The number of rotatable bonds is 8. The van der Waals surface area contributed by atoms with Gasteiger partial charge in [0.05, 0.1) is 13.2 Å². The molecule has 0 saturated heterocycles. The number of carbonyl (C=O) groups excluding carboxylic acids is 2. The van der Waals surface area contributed by atoms with E-state index in [-0.39, 0.29) is 24.8 Å². The molecule has 0 saturated carbocycles. The van der Waals surface area contributed by atoms with Crippen LogP contribution in [0.2, 0.25) is 5.02 Å². The molecular formula is C15H19ClO4. The van der Waals surface area contributed by atoms with Crippen LogP contribution in [0.3, 0.4) is 0 Å². The molecule has 0 fully saturated rings. The van der Waals surface area contributed by atoms with E-state index in [1.807, 2.05) is 18.2 Å². The topological polar surface area (TPSA) is 52.6 Å². The molecule has 0 heterocycles. The van der Waals surface area contributed by atoms with Crippen molar-refractivity contribution in [1.82, 2.24) is 0 Å². The van der Waals surface area contributed by atoms with Crippen molar-refractivity contribution in [2.24, 2.45) is 0 Å². The lowest BCUT2D eigenvalue weighted by molar-refractivity contribution is -0.145. The summed E-state index contributed by atoms with van der Waals surface area (Å²) in [5.41, 5.74) is 0.952. The third-order valence-electron chi connectivity index (χ3n) is 2.66. The lowest BCUT2D eigenvalue weighted by atomic mass is 10.2. The van der Waals surface area contributed by atoms with Crippen molar-refractivity contribution >= 4 is 23.5 Å². The highest BCUT2D eigenvalue weighted by Gasteiger charge is 2.07. The van der Waals surface area contributed by atoms with E-state index in [9.17, 15) is 9.59 Å². The fourth-order valence-electron chi connectivity index (χ4n) is 1.66. The van der Waals surface area contributed by atoms with Gasteiger partial charge < -0.3 is 9.47 Å². The first-order valence-electron chi connectivity index (χ1n) is 6.68. The molecule has 0 aromatic heterocycles. The van der Waals surface area contributed by atoms with Gasteiger partial charge in [-0.2, -0.15) is 0 Å². The van der Waals surface area contributed by atoms with Gasteiger partial charge in [0.15, 0.2) is 0 Å². The van der Waals surface area contributed by atoms with Gasteiger partial charge in [-0.15, -0.1) is 0 Å². The fraction of sp³-hybridized carbons (Fsp3) is 0.467. The lowest BCUT2D eigenvalue weighted by Crippen LogP contribution is -2.09. The molecule has 0 aliphatic rings. The minimum Gasteiger partial charge on any atom is -0.466 e. The zero-order valence-corrected chi connectivity index (χ0v) is 12.3. The molecule has 0 unspecified atom stereocenters. The van der Waals surface area contributed by atoms with Gasteiger partial charge in [-0.05, 0) is 25.0 Å². The molecule has 5 heteroatoms. The Bertz CT molecular complexity index is 445. The first-order chi connectivity index (χ1) is 9.63. The zero-order chi connectivity index (χ0) is 14.8. The second-order valence-electron chi connectivity index (χ2n) is 4.22. The highest BCUT2D eigenvalue weighted by Crippen LogP contribution is 2.15. The first kappa shape index (κ1) is 16.5. The Kier molecular flexibility index (Phi) is 7.73. The predicted octanol–water partition coefficient (Wildman–Crippen LogP) is 3.16. The summed E-state index contributed by atoms with van der Waals surface area (Å²) in [4.78, 5) is 22.5. The molecule has 0 atom stereocenters. The molecule has 1 rings (SSSR count). The van der Waals surface area contributed by atoms with Crippen molar-refractivity contribution in [3.05, 3.63) is 34.9 Å². The largest absolute Gasteiger partial charge is 0.466 e. The second-order valence-corrected chi connectivity index (χ2v) is 4.63. The number of carbonyl (C=O) groups is 2. The number of hydrogen-bond acceptors (Lipinski definition) is 4. The van der Waals surface area contributed by atoms with Crippen LogP contribution in [0.4, 0.5) is 0 Å². The summed E-state index contributed by atoms with van der Waals surface area (Å²) in [5, 5.41) is 0.672. The summed E-state index contributed by atoms with van der Waals surface area (Å²) in [6.45, 7) is 2.41. The van der Waals surface area contributed by atoms with Crippen LogP contribution in [-0.2, 0) is 25.5 Å². The van der Waals surface area contributed by atoms with E-state index in [4.69, 9.17) is 21.1 Å². The zero-order valence-electron chi connectivity index (χ0n) is 11.6.